The van der Waals surface area contributed by atoms with Gasteiger partial charge in [-0.1, -0.05) is 12.5 Å². The van der Waals surface area contributed by atoms with Crippen LogP contribution in [0.1, 0.15) is 37.2 Å². The Morgan fingerprint density at radius 3 is 2.67 bits per heavy atom. The first-order valence-corrected chi connectivity index (χ1v) is 8.33. The monoisotopic (exact) mass is 373 g/mol. The van der Waals surface area contributed by atoms with Gasteiger partial charge in [-0.3, -0.25) is 25.7 Å². The summed E-state index contributed by atoms with van der Waals surface area (Å²) >= 11 is 0. The van der Waals surface area contributed by atoms with E-state index in [-0.39, 0.29) is 23.1 Å². The summed E-state index contributed by atoms with van der Waals surface area (Å²) in [6.45, 7) is 0. The minimum atomic E-state index is -0.663. The zero-order valence-electron chi connectivity index (χ0n) is 14.2. The first-order chi connectivity index (χ1) is 13.0. The van der Waals surface area contributed by atoms with Gasteiger partial charge in [0.05, 0.1) is 15.9 Å². The molecule has 0 saturated heterocycles. The standard InChI is InChI=1S/C17H16FN5O4/c18-16-6-3-7-17(19-16)21-20-14-5-2-1-4-12(14)13-9-8-11(22(24)25)10-15(13)23(26)27/h3,6-10,12H,1-2,4-5H2,(H,19,21)/b20-14+. The summed E-state index contributed by atoms with van der Waals surface area (Å²) in [6, 6.07) is 7.91. The van der Waals surface area contributed by atoms with Crippen molar-refractivity contribution in [2.45, 2.75) is 31.6 Å². The molecule has 0 amide bonds. The minimum absolute atomic E-state index is 0.227. The van der Waals surface area contributed by atoms with Crippen molar-refractivity contribution < 1.29 is 14.2 Å². The average Bonchev–Trinajstić information content (AvgIpc) is 2.66. The fourth-order valence-electron chi connectivity index (χ4n) is 3.16. The van der Waals surface area contributed by atoms with Crippen molar-refractivity contribution in [2.24, 2.45) is 5.10 Å². The van der Waals surface area contributed by atoms with Crippen LogP contribution in [0.5, 0.6) is 0 Å². The van der Waals surface area contributed by atoms with E-state index in [0.29, 0.717) is 24.1 Å². The first kappa shape index (κ1) is 18.4. The van der Waals surface area contributed by atoms with Crippen LogP contribution in [0.2, 0.25) is 0 Å². The number of nitrogens with one attached hydrogen (secondary N) is 1. The topological polar surface area (TPSA) is 124 Å². The fraction of sp³-hybridized carbons (Fsp3) is 0.294. The van der Waals surface area contributed by atoms with E-state index in [0.717, 1.165) is 18.9 Å². The predicted octanol–water partition coefficient (Wildman–Crippen LogP) is 4.16. The lowest BCUT2D eigenvalue weighted by atomic mass is 9.81. The zero-order chi connectivity index (χ0) is 19.4. The SMILES string of the molecule is O=[N+]([O-])c1ccc(C2CCCC/C2=N\Nc2cccc(F)n2)c([N+](=O)[O-])c1. The van der Waals surface area contributed by atoms with Crippen molar-refractivity contribution in [1.82, 2.24) is 4.98 Å². The second-order valence-electron chi connectivity index (χ2n) is 6.12. The van der Waals surface area contributed by atoms with E-state index < -0.39 is 15.8 Å². The Morgan fingerprint density at radius 1 is 1.15 bits per heavy atom. The lowest BCUT2D eigenvalue weighted by Crippen LogP contribution is -2.20. The summed E-state index contributed by atoms with van der Waals surface area (Å²) in [5, 5.41) is 26.7. The summed E-state index contributed by atoms with van der Waals surface area (Å²) in [5.41, 5.74) is 3.12. The van der Waals surface area contributed by atoms with Gasteiger partial charge in [-0.25, -0.2) is 4.98 Å². The number of anilines is 1. The summed E-state index contributed by atoms with van der Waals surface area (Å²) in [6.07, 6.45) is 2.97. The molecule has 9 nitrogen and oxygen atoms in total. The third-order valence-corrected chi connectivity index (χ3v) is 4.40. The third-order valence-electron chi connectivity index (χ3n) is 4.40. The number of halogens is 1. The highest BCUT2D eigenvalue weighted by atomic mass is 19.1. The Kier molecular flexibility index (Phi) is 5.34. The molecule has 1 aliphatic carbocycles. The van der Waals surface area contributed by atoms with Crippen LogP contribution in [0.4, 0.5) is 21.6 Å². The molecule has 27 heavy (non-hydrogen) atoms. The van der Waals surface area contributed by atoms with Crippen molar-refractivity contribution in [3.8, 4) is 0 Å². The number of hydrazone groups is 1. The number of hydrogen-bond acceptors (Lipinski definition) is 7. The lowest BCUT2D eigenvalue weighted by molar-refractivity contribution is -0.394. The molecule has 1 atom stereocenters. The molecule has 1 aromatic heterocycles. The van der Waals surface area contributed by atoms with Gasteiger partial charge in [0.15, 0.2) is 0 Å². The molecule has 0 radical (unpaired) electrons. The van der Waals surface area contributed by atoms with Crippen molar-refractivity contribution in [1.29, 1.82) is 0 Å². The first-order valence-electron chi connectivity index (χ1n) is 8.33. The Morgan fingerprint density at radius 2 is 1.96 bits per heavy atom. The van der Waals surface area contributed by atoms with Crippen LogP contribution >= 0.6 is 0 Å². The molecule has 1 heterocycles. The van der Waals surface area contributed by atoms with E-state index in [9.17, 15) is 24.6 Å². The number of pyridine rings is 1. The fourth-order valence-corrected chi connectivity index (χ4v) is 3.16. The van der Waals surface area contributed by atoms with Gasteiger partial charge >= 0.3 is 0 Å². The average molecular weight is 373 g/mol. The van der Waals surface area contributed by atoms with Crippen LogP contribution in [0.25, 0.3) is 0 Å². The van der Waals surface area contributed by atoms with Crippen LogP contribution < -0.4 is 5.43 Å². The minimum Gasteiger partial charge on any atom is -0.261 e. The maximum Gasteiger partial charge on any atom is 0.280 e. The lowest BCUT2D eigenvalue weighted by Gasteiger charge is -2.24. The highest BCUT2D eigenvalue weighted by Crippen LogP contribution is 2.37. The second kappa shape index (κ2) is 7.85. The number of nitro groups is 2. The van der Waals surface area contributed by atoms with E-state index in [2.05, 4.69) is 15.5 Å². The van der Waals surface area contributed by atoms with Crippen molar-refractivity contribution in [2.75, 3.05) is 5.43 Å². The van der Waals surface area contributed by atoms with Crippen molar-refractivity contribution >= 4 is 22.9 Å². The summed E-state index contributed by atoms with van der Waals surface area (Å²) < 4.78 is 13.2. The molecule has 1 N–H and O–H groups in total. The van der Waals surface area contributed by atoms with Crippen LogP contribution in [-0.4, -0.2) is 20.5 Å². The number of non-ortho nitro benzene ring substituents is 1. The Balaban J connectivity index is 1.94. The summed E-state index contributed by atoms with van der Waals surface area (Å²) in [7, 11) is 0. The highest BCUT2D eigenvalue weighted by Gasteiger charge is 2.30. The van der Waals surface area contributed by atoms with Crippen molar-refractivity contribution in [3.63, 3.8) is 0 Å². The quantitative estimate of drug-likeness (QED) is 0.477. The molecule has 140 valence electrons. The molecular weight excluding hydrogens is 357 g/mol. The normalized spacial score (nSPS) is 18.3. The number of hydrogen-bond donors (Lipinski definition) is 1. The Bertz CT molecular complexity index is 918. The van der Waals surface area contributed by atoms with Gasteiger partial charge < -0.3 is 0 Å². The van der Waals surface area contributed by atoms with Gasteiger partial charge in [-0.2, -0.15) is 9.49 Å². The summed E-state index contributed by atoms with van der Waals surface area (Å²) in [4.78, 5) is 24.8. The number of rotatable bonds is 5. The number of nitrogens with zero attached hydrogens (tertiary/aromatic N) is 4. The number of nitro benzene ring substituents is 2. The molecule has 10 heteroatoms. The molecule has 0 aliphatic heterocycles. The predicted molar refractivity (Wildman–Crippen MR) is 96.2 cm³/mol. The second-order valence-corrected chi connectivity index (χ2v) is 6.12. The van der Waals surface area contributed by atoms with Crippen LogP contribution in [0.3, 0.4) is 0 Å². The number of benzene rings is 1. The van der Waals surface area contributed by atoms with Gasteiger partial charge in [-0.15, -0.1) is 0 Å². The maximum absolute atomic E-state index is 13.2. The molecule has 1 aromatic carbocycles. The van der Waals surface area contributed by atoms with Gasteiger partial charge in [0, 0.05) is 23.3 Å². The van der Waals surface area contributed by atoms with Gasteiger partial charge in [0.25, 0.3) is 11.4 Å². The molecule has 0 bridgehead atoms. The van der Waals surface area contributed by atoms with Gasteiger partial charge in [0.1, 0.15) is 5.82 Å². The van der Waals surface area contributed by atoms with Crippen LogP contribution in [0, 0.1) is 26.2 Å². The Labute approximate surface area is 153 Å². The van der Waals surface area contributed by atoms with Crippen LogP contribution in [-0.2, 0) is 0 Å². The van der Waals surface area contributed by atoms with Crippen LogP contribution in [0.15, 0.2) is 41.5 Å². The Hall–Kier alpha value is -3.43. The molecule has 1 unspecified atom stereocenters. The molecule has 1 saturated carbocycles. The molecule has 1 fully saturated rings. The van der Waals surface area contributed by atoms with E-state index in [1.807, 2.05) is 0 Å². The molecule has 2 aromatic rings. The van der Waals surface area contributed by atoms with E-state index in [1.165, 1.54) is 24.3 Å². The molecular formula is C17H16FN5O4. The molecule has 1 aliphatic rings. The highest BCUT2D eigenvalue weighted by molar-refractivity contribution is 5.93. The molecule has 0 spiro atoms. The maximum atomic E-state index is 13.2. The van der Waals surface area contributed by atoms with Gasteiger partial charge in [-0.05, 0) is 37.5 Å². The summed E-state index contributed by atoms with van der Waals surface area (Å²) in [5.74, 6) is -0.766. The third kappa shape index (κ3) is 4.22. The van der Waals surface area contributed by atoms with Crippen molar-refractivity contribution in [3.05, 3.63) is 68.1 Å². The van der Waals surface area contributed by atoms with E-state index in [1.54, 1.807) is 6.07 Å². The zero-order valence-corrected chi connectivity index (χ0v) is 14.2. The smallest absolute Gasteiger partial charge is 0.261 e. The van der Waals surface area contributed by atoms with Gasteiger partial charge in [0.2, 0.25) is 5.95 Å². The molecule has 3 rings (SSSR count). The van der Waals surface area contributed by atoms with E-state index >= 15 is 0 Å². The number of aromatic nitrogens is 1. The largest absolute Gasteiger partial charge is 0.280 e. The van der Waals surface area contributed by atoms with E-state index in [4.69, 9.17) is 0 Å².